The van der Waals surface area contributed by atoms with Gasteiger partial charge in [-0.05, 0) is 31.0 Å². The van der Waals surface area contributed by atoms with Gasteiger partial charge in [0.25, 0.3) is 0 Å². The highest BCUT2D eigenvalue weighted by atomic mass is 32.1. The first kappa shape index (κ1) is 16.8. The largest absolute Gasteiger partial charge is 0.355 e. The molecule has 1 fully saturated rings. The number of hydrogen-bond acceptors (Lipinski definition) is 4. The zero-order valence-electron chi connectivity index (χ0n) is 14.7. The van der Waals surface area contributed by atoms with Crippen LogP contribution < -0.4 is 10.2 Å². The number of hydrogen-bond donors (Lipinski definition) is 1. The number of carbonyl (C=O) groups is 1. The van der Waals surface area contributed by atoms with E-state index >= 15 is 0 Å². The highest BCUT2D eigenvalue weighted by Gasteiger charge is 2.22. The topological polar surface area (TPSA) is 45.2 Å². The summed E-state index contributed by atoms with van der Waals surface area (Å²) < 4.78 is 0. The number of rotatable bonds is 5. The van der Waals surface area contributed by atoms with E-state index in [0.717, 1.165) is 35.0 Å². The fraction of sp³-hybridized carbons (Fsp3) is 0.238. The van der Waals surface area contributed by atoms with E-state index in [1.807, 2.05) is 41.3 Å². The lowest BCUT2D eigenvalue weighted by Crippen LogP contribution is -2.23. The van der Waals surface area contributed by atoms with E-state index in [9.17, 15) is 4.79 Å². The minimum Gasteiger partial charge on any atom is -0.355 e. The summed E-state index contributed by atoms with van der Waals surface area (Å²) in [7, 11) is 0. The minimum absolute atomic E-state index is 0.198. The fourth-order valence-corrected chi connectivity index (χ4v) is 4.05. The molecule has 5 heteroatoms. The molecule has 132 valence electrons. The van der Waals surface area contributed by atoms with Crippen molar-refractivity contribution in [2.45, 2.75) is 25.8 Å². The van der Waals surface area contributed by atoms with Crippen molar-refractivity contribution >= 4 is 28.1 Å². The number of anilines is 2. The third-order valence-electron chi connectivity index (χ3n) is 4.67. The van der Waals surface area contributed by atoms with Crippen LogP contribution in [0.15, 0.2) is 60.0 Å². The van der Waals surface area contributed by atoms with Crippen LogP contribution in [0.2, 0.25) is 0 Å². The molecule has 0 bridgehead atoms. The maximum Gasteiger partial charge on any atom is 0.227 e. The molecule has 4 rings (SSSR count). The van der Waals surface area contributed by atoms with E-state index in [1.54, 1.807) is 11.3 Å². The number of amides is 1. The van der Waals surface area contributed by atoms with Crippen molar-refractivity contribution in [2.24, 2.45) is 0 Å². The van der Waals surface area contributed by atoms with Gasteiger partial charge in [0, 0.05) is 29.6 Å². The Labute approximate surface area is 157 Å². The second-order valence-corrected chi connectivity index (χ2v) is 7.37. The summed E-state index contributed by atoms with van der Waals surface area (Å²) in [6.45, 7) is 2.94. The van der Waals surface area contributed by atoms with Crippen molar-refractivity contribution < 1.29 is 4.79 Å². The molecule has 3 aromatic rings. The predicted octanol–water partition coefficient (Wildman–Crippen LogP) is 5.11. The molecular weight excluding hydrogens is 342 g/mol. The Morgan fingerprint density at radius 3 is 2.77 bits per heavy atom. The van der Waals surface area contributed by atoms with Crippen LogP contribution in [0.5, 0.6) is 0 Å². The van der Waals surface area contributed by atoms with E-state index in [1.165, 1.54) is 5.56 Å². The molecule has 1 aliphatic heterocycles. The zero-order chi connectivity index (χ0) is 17.9. The number of aromatic nitrogens is 1. The molecule has 0 unspecified atom stereocenters. The average molecular weight is 363 g/mol. The van der Waals surface area contributed by atoms with Crippen LogP contribution in [-0.2, 0) is 4.79 Å². The van der Waals surface area contributed by atoms with Gasteiger partial charge in [-0.25, -0.2) is 4.98 Å². The van der Waals surface area contributed by atoms with Gasteiger partial charge in [-0.15, -0.1) is 11.3 Å². The maximum atomic E-state index is 12.0. The van der Waals surface area contributed by atoms with Gasteiger partial charge in [-0.2, -0.15) is 0 Å². The molecule has 1 atom stereocenters. The van der Waals surface area contributed by atoms with Crippen LogP contribution in [0.3, 0.4) is 0 Å². The molecule has 0 spiro atoms. The second kappa shape index (κ2) is 7.30. The van der Waals surface area contributed by atoms with Gasteiger partial charge < -0.3 is 10.2 Å². The molecule has 0 aliphatic carbocycles. The lowest BCUT2D eigenvalue weighted by Gasteiger charge is -2.16. The molecule has 1 aliphatic rings. The Balaban J connectivity index is 1.52. The van der Waals surface area contributed by atoms with Gasteiger partial charge in [0.05, 0.1) is 11.7 Å². The van der Waals surface area contributed by atoms with E-state index in [-0.39, 0.29) is 11.9 Å². The SMILES string of the molecule is C[C@H](Nc1nc(-c2cccc(N3CCCC3=O)c2)cs1)c1ccccc1. The van der Waals surface area contributed by atoms with Gasteiger partial charge >= 0.3 is 0 Å². The first-order valence-corrected chi connectivity index (χ1v) is 9.76. The number of nitrogens with one attached hydrogen (secondary N) is 1. The van der Waals surface area contributed by atoms with Crippen molar-refractivity contribution in [3.8, 4) is 11.3 Å². The Morgan fingerprint density at radius 2 is 2.00 bits per heavy atom. The monoisotopic (exact) mass is 363 g/mol. The standard InChI is InChI=1S/C21H21N3OS/c1-15(16-7-3-2-4-8-16)22-21-23-19(14-26-21)17-9-5-10-18(13-17)24-12-6-11-20(24)25/h2-5,7-10,13-15H,6,11-12H2,1H3,(H,22,23)/t15-/m0/s1. The second-order valence-electron chi connectivity index (χ2n) is 6.51. The molecule has 2 heterocycles. The average Bonchev–Trinajstić information content (AvgIpc) is 3.31. The number of thiazole rings is 1. The van der Waals surface area contributed by atoms with Gasteiger partial charge in [0.15, 0.2) is 5.13 Å². The Kier molecular flexibility index (Phi) is 4.71. The number of benzene rings is 2. The summed E-state index contributed by atoms with van der Waals surface area (Å²) in [5.41, 5.74) is 4.18. The van der Waals surface area contributed by atoms with E-state index < -0.39 is 0 Å². The first-order valence-electron chi connectivity index (χ1n) is 8.88. The molecule has 1 N–H and O–H groups in total. The van der Waals surface area contributed by atoms with Crippen molar-refractivity contribution in [2.75, 3.05) is 16.8 Å². The molecule has 1 saturated heterocycles. The molecule has 1 aromatic heterocycles. The third kappa shape index (κ3) is 3.48. The van der Waals surface area contributed by atoms with Crippen LogP contribution in [0.25, 0.3) is 11.3 Å². The summed E-state index contributed by atoms with van der Waals surface area (Å²) in [5, 5.41) is 6.43. The Morgan fingerprint density at radius 1 is 1.15 bits per heavy atom. The molecule has 2 aromatic carbocycles. The maximum absolute atomic E-state index is 12.0. The van der Waals surface area contributed by atoms with Crippen LogP contribution in [-0.4, -0.2) is 17.4 Å². The van der Waals surface area contributed by atoms with E-state index in [0.29, 0.717) is 6.42 Å². The van der Waals surface area contributed by atoms with Crippen LogP contribution in [0.1, 0.15) is 31.4 Å². The van der Waals surface area contributed by atoms with Gasteiger partial charge in [-0.1, -0.05) is 42.5 Å². The van der Waals surface area contributed by atoms with Gasteiger partial charge in [-0.3, -0.25) is 4.79 Å². The number of nitrogens with zero attached hydrogens (tertiary/aromatic N) is 2. The number of carbonyl (C=O) groups excluding carboxylic acids is 1. The van der Waals surface area contributed by atoms with Crippen molar-refractivity contribution in [3.63, 3.8) is 0 Å². The summed E-state index contributed by atoms with van der Waals surface area (Å²) in [6, 6.07) is 18.6. The van der Waals surface area contributed by atoms with Crippen LogP contribution >= 0.6 is 11.3 Å². The summed E-state index contributed by atoms with van der Waals surface area (Å²) >= 11 is 1.60. The van der Waals surface area contributed by atoms with E-state index in [4.69, 9.17) is 4.98 Å². The normalized spacial score (nSPS) is 15.3. The fourth-order valence-electron chi connectivity index (χ4n) is 3.24. The first-order chi connectivity index (χ1) is 12.7. The van der Waals surface area contributed by atoms with Crippen molar-refractivity contribution in [3.05, 3.63) is 65.5 Å². The van der Waals surface area contributed by atoms with Crippen LogP contribution in [0.4, 0.5) is 10.8 Å². The molecular formula is C21H21N3OS. The summed E-state index contributed by atoms with van der Waals surface area (Å²) in [5.74, 6) is 0.208. The molecule has 0 saturated carbocycles. The lowest BCUT2D eigenvalue weighted by molar-refractivity contribution is -0.117. The van der Waals surface area contributed by atoms with Gasteiger partial charge in [0.1, 0.15) is 0 Å². The summed E-state index contributed by atoms with van der Waals surface area (Å²) in [6.07, 6.45) is 1.58. The van der Waals surface area contributed by atoms with Crippen LogP contribution in [0, 0.1) is 0 Å². The molecule has 1 amide bonds. The van der Waals surface area contributed by atoms with Crippen molar-refractivity contribution in [1.29, 1.82) is 0 Å². The quantitative estimate of drug-likeness (QED) is 0.685. The lowest BCUT2D eigenvalue weighted by atomic mass is 10.1. The molecule has 26 heavy (non-hydrogen) atoms. The smallest absolute Gasteiger partial charge is 0.227 e. The predicted molar refractivity (Wildman–Crippen MR) is 108 cm³/mol. The zero-order valence-corrected chi connectivity index (χ0v) is 15.5. The highest BCUT2D eigenvalue weighted by molar-refractivity contribution is 7.14. The third-order valence-corrected chi connectivity index (χ3v) is 5.44. The molecule has 0 radical (unpaired) electrons. The Hall–Kier alpha value is -2.66. The van der Waals surface area contributed by atoms with E-state index in [2.05, 4.69) is 35.8 Å². The Bertz CT molecular complexity index is 906. The molecule has 4 nitrogen and oxygen atoms in total. The minimum atomic E-state index is 0.198. The van der Waals surface area contributed by atoms with Crippen molar-refractivity contribution in [1.82, 2.24) is 4.98 Å². The summed E-state index contributed by atoms with van der Waals surface area (Å²) in [4.78, 5) is 18.6. The van der Waals surface area contributed by atoms with Gasteiger partial charge in [0.2, 0.25) is 5.91 Å². The highest BCUT2D eigenvalue weighted by Crippen LogP contribution is 2.31.